The molecule has 2 aromatic carbocycles. The predicted octanol–water partition coefficient (Wildman–Crippen LogP) is 4.47. The van der Waals surface area contributed by atoms with Gasteiger partial charge in [0, 0.05) is 48.6 Å². The van der Waals surface area contributed by atoms with Crippen molar-refractivity contribution in [3.05, 3.63) is 64.8 Å². The number of piperazine rings is 1. The molecule has 0 unspecified atom stereocenters. The first-order valence-electron chi connectivity index (χ1n) is 11.2. The highest BCUT2D eigenvalue weighted by atomic mass is 19.4. The van der Waals surface area contributed by atoms with E-state index in [4.69, 9.17) is 9.47 Å². The first-order valence-corrected chi connectivity index (χ1v) is 11.2. The highest BCUT2D eigenvalue weighted by Crippen LogP contribution is 2.34. The number of ether oxygens (including phenoxy) is 2. The molecular weight excluding hydrogens is 461 g/mol. The molecule has 3 aromatic rings. The van der Waals surface area contributed by atoms with Crippen LogP contribution in [-0.2, 0) is 6.18 Å². The molecule has 1 aromatic heterocycles. The number of amides is 1. The van der Waals surface area contributed by atoms with Crippen LogP contribution in [0.1, 0.15) is 27.2 Å². The van der Waals surface area contributed by atoms with Gasteiger partial charge in [-0.3, -0.25) is 4.79 Å². The Morgan fingerprint density at radius 1 is 0.943 bits per heavy atom. The lowest BCUT2D eigenvalue weighted by atomic mass is 10.1. The Balaban J connectivity index is 1.34. The van der Waals surface area contributed by atoms with Crippen LogP contribution in [0.3, 0.4) is 0 Å². The quantitative estimate of drug-likeness (QED) is 0.547. The van der Waals surface area contributed by atoms with Crippen LogP contribution in [-0.4, -0.2) is 53.7 Å². The maximum Gasteiger partial charge on any atom is 0.416 e. The zero-order valence-corrected chi connectivity index (χ0v) is 19.2. The van der Waals surface area contributed by atoms with Crippen LogP contribution in [0.15, 0.2) is 42.5 Å². The Kier molecular flexibility index (Phi) is 5.74. The number of fused-ring (bicyclic) bond motifs is 1. The van der Waals surface area contributed by atoms with Crippen LogP contribution < -0.4 is 14.4 Å². The van der Waals surface area contributed by atoms with Gasteiger partial charge in [0.1, 0.15) is 5.82 Å². The number of alkyl halides is 3. The summed E-state index contributed by atoms with van der Waals surface area (Å²) in [6.07, 6.45) is -4.45. The number of hydrogen-bond acceptors (Lipinski definition) is 6. The predicted molar refractivity (Wildman–Crippen MR) is 123 cm³/mol. The number of benzene rings is 2. The topological polar surface area (TPSA) is 67.8 Å². The van der Waals surface area contributed by atoms with Gasteiger partial charge < -0.3 is 19.3 Å². The number of rotatable bonds is 3. The minimum absolute atomic E-state index is 0.0943. The summed E-state index contributed by atoms with van der Waals surface area (Å²) in [7, 11) is 0. The molecule has 182 valence electrons. The van der Waals surface area contributed by atoms with Crippen LogP contribution in [0, 0.1) is 13.8 Å². The van der Waals surface area contributed by atoms with Crippen molar-refractivity contribution in [2.24, 2.45) is 0 Å². The standard InChI is InChI=1S/C25H23F3N4O3/c1-15-16(2)29-22(17-4-3-5-19(12-17)25(26,27)28)30-23(15)31-8-10-32(11-9-31)24(33)18-6-7-20-21(13-18)35-14-34-20/h3-7,12-13H,8-11,14H2,1-2H3. The van der Waals surface area contributed by atoms with Crippen molar-refractivity contribution in [1.29, 1.82) is 0 Å². The number of carbonyl (C=O) groups excluding carboxylic acids is 1. The number of anilines is 1. The second kappa shape index (κ2) is 8.75. The van der Waals surface area contributed by atoms with E-state index in [1.165, 1.54) is 6.07 Å². The summed E-state index contributed by atoms with van der Waals surface area (Å²) < 4.78 is 50.3. The maximum atomic E-state index is 13.2. The fourth-order valence-electron chi connectivity index (χ4n) is 4.22. The Labute approximate surface area is 200 Å². The van der Waals surface area contributed by atoms with E-state index in [0.29, 0.717) is 60.3 Å². The van der Waals surface area contributed by atoms with Gasteiger partial charge in [0.2, 0.25) is 6.79 Å². The number of carbonyl (C=O) groups is 1. The summed E-state index contributed by atoms with van der Waals surface area (Å²) in [4.78, 5) is 25.9. The molecule has 1 amide bonds. The smallest absolute Gasteiger partial charge is 0.416 e. The van der Waals surface area contributed by atoms with Crippen LogP contribution in [0.2, 0.25) is 0 Å². The molecule has 0 aliphatic carbocycles. The average Bonchev–Trinajstić information content (AvgIpc) is 3.33. The highest BCUT2D eigenvalue weighted by Gasteiger charge is 2.31. The van der Waals surface area contributed by atoms with Gasteiger partial charge in [0.25, 0.3) is 5.91 Å². The van der Waals surface area contributed by atoms with Crippen molar-refractivity contribution in [2.45, 2.75) is 20.0 Å². The molecule has 0 bridgehead atoms. The minimum Gasteiger partial charge on any atom is -0.454 e. The molecule has 5 rings (SSSR count). The van der Waals surface area contributed by atoms with Gasteiger partial charge >= 0.3 is 6.18 Å². The molecule has 2 aliphatic heterocycles. The SMILES string of the molecule is Cc1nc(-c2cccc(C(F)(F)F)c2)nc(N2CCN(C(=O)c3ccc4c(c3)OCO4)CC2)c1C. The first-order chi connectivity index (χ1) is 16.7. The van der Waals surface area contributed by atoms with Crippen molar-refractivity contribution in [3.63, 3.8) is 0 Å². The lowest BCUT2D eigenvalue weighted by Gasteiger charge is -2.36. The molecule has 1 fully saturated rings. The monoisotopic (exact) mass is 484 g/mol. The van der Waals surface area contributed by atoms with Crippen molar-refractivity contribution in [1.82, 2.24) is 14.9 Å². The molecule has 1 saturated heterocycles. The molecule has 0 spiro atoms. The second-order valence-electron chi connectivity index (χ2n) is 8.51. The number of aryl methyl sites for hydroxylation is 1. The molecule has 2 aliphatic rings. The summed E-state index contributed by atoms with van der Waals surface area (Å²) in [5.74, 6) is 2.00. The van der Waals surface area contributed by atoms with Gasteiger partial charge in [-0.05, 0) is 44.2 Å². The van der Waals surface area contributed by atoms with Crippen LogP contribution in [0.4, 0.5) is 19.0 Å². The van der Waals surface area contributed by atoms with Crippen LogP contribution in [0.25, 0.3) is 11.4 Å². The van der Waals surface area contributed by atoms with Gasteiger partial charge in [0.05, 0.1) is 5.56 Å². The number of halogens is 3. The summed E-state index contributed by atoms with van der Waals surface area (Å²) in [5, 5.41) is 0. The first kappa shape index (κ1) is 22.9. The summed E-state index contributed by atoms with van der Waals surface area (Å²) >= 11 is 0. The van der Waals surface area contributed by atoms with E-state index in [0.717, 1.165) is 17.7 Å². The third-order valence-corrected chi connectivity index (χ3v) is 6.30. The van der Waals surface area contributed by atoms with E-state index in [1.807, 2.05) is 18.7 Å². The third-order valence-electron chi connectivity index (χ3n) is 6.30. The molecule has 0 atom stereocenters. The Morgan fingerprint density at radius 3 is 2.43 bits per heavy atom. The van der Waals surface area contributed by atoms with Crippen molar-refractivity contribution >= 4 is 11.7 Å². The van der Waals surface area contributed by atoms with Crippen molar-refractivity contribution in [2.75, 3.05) is 37.9 Å². The number of hydrogen-bond donors (Lipinski definition) is 0. The third kappa shape index (κ3) is 4.48. The van der Waals surface area contributed by atoms with E-state index in [-0.39, 0.29) is 18.5 Å². The average molecular weight is 484 g/mol. The molecule has 0 radical (unpaired) electrons. The molecule has 3 heterocycles. The van der Waals surface area contributed by atoms with Gasteiger partial charge in [0.15, 0.2) is 17.3 Å². The highest BCUT2D eigenvalue weighted by molar-refractivity contribution is 5.95. The zero-order chi connectivity index (χ0) is 24.7. The van der Waals surface area contributed by atoms with Crippen molar-refractivity contribution in [3.8, 4) is 22.9 Å². The van der Waals surface area contributed by atoms with Gasteiger partial charge in [-0.25, -0.2) is 9.97 Å². The molecule has 0 saturated carbocycles. The molecule has 35 heavy (non-hydrogen) atoms. The van der Waals surface area contributed by atoms with Gasteiger partial charge in [-0.15, -0.1) is 0 Å². The van der Waals surface area contributed by atoms with E-state index in [9.17, 15) is 18.0 Å². The molecule has 7 nitrogen and oxygen atoms in total. The van der Waals surface area contributed by atoms with E-state index >= 15 is 0 Å². The lowest BCUT2D eigenvalue weighted by molar-refractivity contribution is -0.137. The fraction of sp³-hybridized carbons (Fsp3) is 0.320. The van der Waals surface area contributed by atoms with Crippen LogP contribution >= 0.6 is 0 Å². The summed E-state index contributed by atoms with van der Waals surface area (Å²) in [6, 6.07) is 10.2. The van der Waals surface area contributed by atoms with E-state index in [2.05, 4.69) is 9.97 Å². The Hall–Kier alpha value is -3.82. The molecule has 0 N–H and O–H groups in total. The van der Waals surface area contributed by atoms with E-state index < -0.39 is 11.7 Å². The Morgan fingerprint density at radius 2 is 1.69 bits per heavy atom. The Bertz CT molecular complexity index is 1290. The molecule has 10 heteroatoms. The van der Waals surface area contributed by atoms with Crippen LogP contribution in [0.5, 0.6) is 11.5 Å². The number of nitrogens with zero attached hydrogens (tertiary/aromatic N) is 4. The minimum atomic E-state index is -4.45. The van der Waals surface area contributed by atoms with Gasteiger partial charge in [-0.2, -0.15) is 13.2 Å². The normalized spacial score (nSPS) is 15.5. The number of aromatic nitrogens is 2. The fourth-order valence-corrected chi connectivity index (χ4v) is 4.22. The summed E-state index contributed by atoms with van der Waals surface area (Å²) in [5.41, 5.74) is 1.65. The molecular formula is C25H23F3N4O3. The van der Waals surface area contributed by atoms with Gasteiger partial charge in [-0.1, -0.05) is 12.1 Å². The van der Waals surface area contributed by atoms with E-state index in [1.54, 1.807) is 29.2 Å². The largest absolute Gasteiger partial charge is 0.454 e. The maximum absolute atomic E-state index is 13.2. The van der Waals surface area contributed by atoms with Crippen molar-refractivity contribution < 1.29 is 27.4 Å². The second-order valence-corrected chi connectivity index (χ2v) is 8.51. The lowest BCUT2D eigenvalue weighted by Crippen LogP contribution is -2.49. The zero-order valence-electron chi connectivity index (χ0n) is 19.2. The summed E-state index contributed by atoms with van der Waals surface area (Å²) in [6.45, 7) is 5.89.